The van der Waals surface area contributed by atoms with Gasteiger partial charge in [0.15, 0.2) is 6.29 Å². The summed E-state index contributed by atoms with van der Waals surface area (Å²) in [6.07, 6.45) is 3.92. The summed E-state index contributed by atoms with van der Waals surface area (Å²) in [4.78, 5) is 21.0. The number of carbonyl (C=O) groups excluding carboxylic acids is 2. The Balaban J connectivity index is 0.000000235. The van der Waals surface area contributed by atoms with Gasteiger partial charge in [-0.25, -0.2) is 4.79 Å². The molecule has 0 fully saturated rings. The Morgan fingerprint density at radius 3 is 1.86 bits per heavy atom. The van der Waals surface area contributed by atoms with Crippen molar-refractivity contribution in [3.05, 3.63) is 74.7 Å². The smallest absolute Gasteiger partial charge is 0.330 e. The molecule has 114 valence electrons. The first kappa shape index (κ1) is 18.3. The van der Waals surface area contributed by atoms with E-state index in [-0.39, 0.29) is 5.97 Å². The fraction of sp³-hybridized carbons (Fsp3) is 0.0588. The average Bonchev–Trinajstić information content (AvgIpc) is 2.55. The molecule has 3 nitrogen and oxygen atoms in total. The molecule has 0 unspecified atom stereocenters. The van der Waals surface area contributed by atoms with Gasteiger partial charge in [-0.3, -0.25) is 4.79 Å². The Labute approximate surface area is 146 Å². The van der Waals surface area contributed by atoms with Crippen LogP contribution >= 0.6 is 31.9 Å². The quantitative estimate of drug-likeness (QED) is 0.399. The zero-order valence-corrected chi connectivity index (χ0v) is 15.0. The van der Waals surface area contributed by atoms with E-state index in [0.29, 0.717) is 5.56 Å². The van der Waals surface area contributed by atoms with Gasteiger partial charge in [-0.05, 0) is 23.8 Å². The Morgan fingerprint density at radius 2 is 1.45 bits per heavy atom. The van der Waals surface area contributed by atoms with E-state index < -0.39 is 0 Å². The number of benzene rings is 2. The molecule has 22 heavy (non-hydrogen) atoms. The molecule has 0 bridgehead atoms. The van der Waals surface area contributed by atoms with E-state index in [0.717, 1.165) is 20.8 Å². The summed E-state index contributed by atoms with van der Waals surface area (Å²) >= 11 is 6.59. The maximum absolute atomic E-state index is 10.8. The Kier molecular flexibility index (Phi) is 8.40. The highest BCUT2D eigenvalue weighted by atomic mass is 79.9. The lowest BCUT2D eigenvalue weighted by Crippen LogP contribution is -1.93. The minimum atomic E-state index is -0.351. The van der Waals surface area contributed by atoms with Crippen molar-refractivity contribution in [1.82, 2.24) is 0 Å². The molecular formula is C17H14Br2O3. The number of rotatable bonds is 3. The van der Waals surface area contributed by atoms with Gasteiger partial charge in [-0.2, -0.15) is 0 Å². The van der Waals surface area contributed by atoms with E-state index in [4.69, 9.17) is 0 Å². The Bertz CT molecular complexity index is 666. The lowest BCUT2D eigenvalue weighted by atomic mass is 10.2. The van der Waals surface area contributed by atoms with Crippen molar-refractivity contribution >= 4 is 50.2 Å². The maximum atomic E-state index is 10.8. The lowest BCUT2D eigenvalue weighted by molar-refractivity contribution is -0.134. The van der Waals surface area contributed by atoms with Gasteiger partial charge in [0, 0.05) is 20.6 Å². The molecule has 0 amide bonds. The van der Waals surface area contributed by atoms with Crippen LogP contribution in [0.3, 0.4) is 0 Å². The van der Waals surface area contributed by atoms with Crippen LogP contribution in [-0.2, 0) is 9.53 Å². The minimum absolute atomic E-state index is 0.351. The SMILES string of the molecule is COC(=O)/C=C/c1ccccc1Br.O=Cc1ccccc1Br. The van der Waals surface area contributed by atoms with Crippen LogP contribution in [0.15, 0.2) is 63.6 Å². The third-order valence-corrected chi connectivity index (χ3v) is 3.98. The molecule has 0 aliphatic rings. The fourth-order valence-electron chi connectivity index (χ4n) is 1.41. The van der Waals surface area contributed by atoms with Gasteiger partial charge in [-0.1, -0.05) is 68.3 Å². The van der Waals surface area contributed by atoms with Gasteiger partial charge in [0.1, 0.15) is 0 Å². The molecule has 0 saturated carbocycles. The maximum Gasteiger partial charge on any atom is 0.330 e. The van der Waals surface area contributed by atoms with Crippen LogP contribution in [0.1, 0.15) is 15.9 Å². The van der Waals surface area contributed by atoms with Crippen molar-refractivity contribution in [2.24, 2.45) is 0 Å². The zero-order chi connectivity index (χ0) is 16.4. The number of carbonyl (C=O) groups is 2. The number of hydrogen-bond acceptors (Lipinski definition) is 3. The van der Waals surface area contributed by atoms with Gasteiger partial charge < -0.3 is 4.74 Å². The van der Waals surface area contributed by atoms with Crippen molar-refractivity contribution < 1.29 is 14.3 Å². The van der Waals surface area contributed by atoms with E-state index in [2.05, 4.69) is 36.6 Å². The van der Waals surface area contributed by atoms with Crippen molar-refractivity contribution in [1.29, 1.82) is 0 Å². The molecule has 2 rings (SSSR count). The van der Waals surface area contributed by atoms with Crippen LogP contribution in [0.4, 0.5) is 0 Å². The molecular weight excluding hydrogens is 412 g/mol. The third-order valence-electron chi connectivity index (χ3n) is 2.54. The van der Waals surface area contributed by atoms with Crippen LogP contribution in [0, 0.1) is 0 Å². The van der Waals surface area contributed by atoms with Crippen molar-refractivity contribution in [2.45, 2.75) is 0 Å². The molecule has 0 aliphatic heterocycles. The Morgan fingerprint density at radius 1 is 0.955 bits per heavy atom. The number of aldehydes is 1. The fourth-order valence-corrected chi connectivity index (χ4v) is 2.20. The van der Waals surface area contributed by atoms with Crippen molar-refractivity contribution in [3.8, 4) is 0 Å². The van der Waals surface area contributed by atoms with Crippen molar-refractivity contribution in [2.75, 3.05) is 7.11 Å². The zero-order valence-electron chi connectivity index (χ0n) is 11.8. The molecule has 0 aromatic heterocycles. The summed E-state index contributed by atoms with van der Waals surface area (Å²) in [6, 6.07) is 14.9. The van der Waals surface area contributed by atoms with Gasteiger partial charge in [0.2, 0.25) is 0 Å². The predicted octanol–water partition coefficient (Wildman–Crippen LogP) is 4.90. The minimum Gasteiger partial charge on any atom is -0.466 e. The summed E-state index contributed by atoms with van der Waals surface area (Å²) in [5, 5.41) is 0. The monoisotopic (exact) mass is 424 g/mol. The van der Waals surface area contributed by atoms with Crippen LogP contribution in [0.5, 0.6) is 0 Å². The van der Waals surface area contributed by atoms with Gasteiger partial charge in [-0.15, -0.1) is 0 Å². The second kappa shape index (κ2) is 10.1. The summed E-state index contributed by atoms with van der Waals surface area (Å²) < 4.78 is 6.27. The Hall–Kier alpha value is -1.72. The van der Waals surface area contributed by atoms with Gasteiger partial charge in [0.05, 0.1) is 7.11 Å². The predicted molar refractivity (Wildman–Crippen MR) is 94.7 cm³/mol. The standard InChI is InChI=1S/C10H9BrO2.C7H5BrO/c1-13-10(12)7-6-8-4-2-3-5-9(8)11;8-7-4-2-1-3-6(7)5-9/h2-7H,1H3;1-5H/b7-6+;. The molecule has 0 heterocycles. The van der Waals surface area contributed by atoms with Crippen LogP contribution in [-0.4, -0.2) is 19.4 Å². The second-order valence-electron chi connectivity index (χ2n) is 4.02. The van der Waals surface area contributed by atoms with Crippen LogP contribution in [0.2, 0.25) is 0 Å². The second-order valence-corrected chi connectivity index (χ2v) is 5.73. The summed E-state index contributed by atoms with van der Waals surface area (Å²) in [5.41, 5.74) is 1.64. The van der Waals surface area contributed by atoms with E-state index >= 15 is 0 Å². The summed E-state index contributed by atoms with van der Waals surface area (Å²) in [7, 11) is 1.35. The summed E-state index contributed by atoms with van der Waals surface area (Å²) in [5.74, 6) is -0.351. The topological polar surface area (TPSA) is 43.4 Å². The molecule has 2 aromatic carbocycles. The first-order valence-corrected chi connectivity index (χ1v) is 7.87. The van der Waals surface area contributed by atoms with E-state index in [9.17, 15) is 9.59 Å². The molecule has 0 atom stereocenters. The van der Waals surface area contributed by atoms with Gasteiger partial charge in [0.25, 0.3) is 0 Å². The molecule has 0 aliphatic carbocycles. The van der Waals surface area contributed by atoms with E-state index in [1.165, 1.54) is 13.2 Å². The normalized spacial score (nSPS) is 9.77. The van der Waals surface area contributed by atoms with Crippen molar-refractivity contribution in [3.63, 3.8) is 0 Å². The first-order valence-electron chi connectivity index (χ1n) is 6.28. The lowest BCUT2D eigenvalue weighted by Gasteiger charge is -1.95. The number of esters is 1. The number of halogens is 2. The molecule has 0 saturated heterocycles. The highest BCUT2D eigenvalue weighted by Gasteiger charge is 1.95. The summed E-state index contributed by atoms with van der Waals surface area (Å²) in [6.45, 7) is 0. The largest absolute Gasteiger partial charge is 0.466 e. The highest BCUT2D eigenvalue weighted by molar-refractivity contribution is 9.10. The van der Waals surface area contributed by atoms with Crippen LogP contribution < -0.4 is 0 Å². The molecule has 0 radical (unpaired) electrons. The molecule has 5 heteroatoms. The third kappa shape index (κ3) is 6.37. The van der Waals surface area contributed by atoms with Gasteiger partial charge >= 0.3 is 5.97 Å². The number of hydrogen-bond donors (Lipinski definition) is 0. The molecule has 0 N–H and O–H groups in total. The highest BCUT2D eigenvalue weighted by Crippen LogP contribution is 2.17. The number of methoxy groups -OCH3 is 1. The molecule has 2 aromatic rings. The van der Waals surface area contributed by atoms with E-state index in [1.54, 1.807) is 12.1 Å². The van der Waals surface area contributed by atoms with Crippen LogP contribution in [0.25, 0.3) is 6.08 Å². The van der Waals surface area contributed by atoms with E-state index in [1.807, 2.05) is 42.5 Å². The molecule has 0 spiro atoms. The number of ether oxygens (including phenoxy) is 1. The first-order chi connectivity index (χ1) is 10.6. The average molecular weight is 426 g/mol.